The highest BCUT2D eigenvalue weighted by atomic mass is 16.1. The molecule has 1 aliphatic carbocycles. The summed E-state index contributed by atoms with van der Waals surface area (Å²) in [6.45, 7) is 2.75. The van der Waals surface area contributed by atoms with Crippen LogP contribution in [-0.2, 0) is 6.54 Å². The van der Waals surface area contributed by atoms with Gasteiger partial charge in [-0.25, -0.2) is 4.79 Å². The molecule has 1 fully saturated rings. The number of hydrogen-bond donors (Lipinski definition) is 1. The van der Waals surface area contributed by atoms with Gasteiger partial charge in [-0.05, 0) is 19.3 Å². The van der Waals surface area contributed by atoms with E-state index in [1.54, 1.807) is 4.57 Å². The number of nitrogens with two attached hydrogens (primary N) is 1. The summed E-state index contributed by atoms with van der Waals surface area (Å²) in [5.74, 6) is 0. The first-order chi connectivity index (χ1) is 7.22. The molecule has 1 atom stereocenters. The van der Waals surface area contributed by atoms with Gasteiger partial charge in [0.1, 0.15) is 0 Å². The van der Waals surface area contributed by atoms with Crippen LogP contribution in [0, 0.1) is 0 Å². The number of aromatic nitrogens is 2. The fourth-order valence-electron chi connectivity index (χ4n) is 1.91. The van der Waals surface area contributed by atoms with Gasteiger partial charge in [0.25, 0.3) is 0 Å². The van der Waals surface area contributed by atoms with Crippen LogP contribution in [0.15, 0.2) is 17.2 Å². The van der Waals surface area contributed by atoms with Gasteiger partial charge >= 0.3 is 5.69 Å². The summed E-state index contributed by atoms with van der Waals surface area (Å²) in [7, 11) is 0. The molecule has 1 saturated carbocycles. The zero-order valence-corrected chi connectivity index (χ0v) is 9.22. The first kappa shape index (κ1) is 10.5. The van der Waals surface area contributed by atoms with E-state index in [9.17, 15) is 4.79 Å². The highest BCUT2D eigenvalue weighted by Gasteiger charge is 2.25. The normalized spacial score (nSPS) is 18.0. The molecule has 1 aliphatic rings. The topological polar surface area (TPSA) is 52.9 Å². The lowest BCUT2D eigenvalue weighted by atomic mass is 10.2. The SMILES string of the molecule is CCCC(N)Cn1ccn(C2CC2)c1=O. The summed E-state index contributed by atoms with van der Waals surface area (Å²) in [6.07, 6.45) is 8.07. The highest BCUT2D eigenvalue weighted by Crippen LogP contribution is 2.33. The molecule has 2 rings (SSSR count). The summed E-state index contributed by atoms with van der Waals surface area (Å²) in [6, 6.07) is 0.559. The smallest absolute Gasteiger partial charge is 0.326 e. The van der Waals surface area contributed by atoms with Gasteiger partial charge in [-0.2, -0.15) is 0 Å². The standard InChI is InChI=1S/C11H19N3O/c1-2-3-9(12)8-13-6-7-14(11(13)15)10-4-5-10/h6-7,9-10H,2-5,8,12H2,1H3. The van der Waals surface area contributed by atoms with E-state index in [0.29, 0.717) is 12.6 Å². The maximum absolute atomic E-state index is 11.9. The molecular weight excluding hydrogens is 190 g/mol. The molecule has 1 aromatic heterocycles. The Balaban J connectivity index is 2.05. The molecule has 2 N–H and O–H groups in total. The Hall–Kier alpha value is -1.03. The molecule has 0 saturated heterocycles. The Morgan fingerprint density at radius 3 is 2.87 bits per heavy atom. The summed E-state index contributed by atoms with van der Waals surface area (Å²) < 4.78 is 3.57. The van der Waals surface area contributed by atoms with Crippen LogP contribution >= 0.6 is 0 Å². The Morgan fingerprint density at radius 2 is 2.27 bits per heavy atom. The van der Waals surface area contributed by atoms with Crippen LogP contribution in [0.4, 0.5) is 0 Å². The van der Waals surface area contributed by atoms with E-state index in [2.05, 4.69) is 6.92 Å². The van der Waals surface area contributed by atoms with Crippen LogP contribution in [0.2, 0.25) is 0 Å². The third-order valence-electron chi connectivity index (χ3n) is 2.90. The molecule has 1 unspecified atom stereocenters. The van der Waals surface area contributed by atoms with Crippen molar-refractivity contribution in [1.82, 2.24) is 9.13 Å². The maximum atomic E-state index is 11.9. The lowest BCUT2D eigenvalue weighted by Gasteiger charge is -2.09. The summed E-state index contributed by atoms with van der Waals surface area (Å²) in [5, 5.41) is 0. The van der Waals surface area contributed by atoms with Crippen LogP contribution in [0.1, 0.15) is 38.6 Å². The van der Waals surface area contributed by atoms with E-state index in [0.717, 1.165) is 25.7 Å². The van der Waals surface area contributed by atoms with Crippen molar-refractivity contribution in [2.24, 2.45) is 5.73 Å². The highest BCUT2D eigenvalue weighted by molar-refractivity contribution is 4.91. The van der Waals surface area contributed by atoms with Crippen LogP contribution in [0.25, 0.3) is 0 Å². The molecule has 84 valence electrons. The van der Waals surface area contributed by atoms with E-state index in [4.69, 9.17) is 5.73 Å². The zero-order valence-electron chi connectivity index (χ0n) is 9.22. The second kappa shape index (κ2) is 4.23. The van der Waals surface area contributed by atoms with Crippen molar-refractivity contribution in [3.63, 3.8) is 0 Å². The van der Waals surface area contributed by atoms with E-state index < -0.39 is 0 Å². The second-order valence-corrected chi connectivity index (χ2v) is 4.42. The minimum Gasteiger partial charge on any atom is -0.326 e. The Labute approximate surface area is 89.7 Å². The van der Waals surface area contributed by atoms with Crippen molar-refractivity contribution in [2.75, 3.05) is 0 Å². The van der Waals surface area contributed by atoms with E-state index >= 15 is 0 Å². The lowest BCUT2D eigenvalue weighted by Crippen LogP contribution is -2.32. The first-order valence-electron chi connectivity index (χ1n) is 5.75. The van der Waals surface area contributed by atoms with Crippen molar-refractivity contribution in [2.45, 2.75) is 51.2 Å². The molecule has 4 nitrogen and oxygen atoms in total. The third-order valence-corrected chi connectivity index (χ3v) is 2.90. The predicted octanol–water partition coefficient (Wildman–Crippen LogP) is 1.11. The zero-order chi connectivity index (χ0) is 10.8. The van der Waals surface area contributed by atoms with Gasteiger partial charge in [0, 0.05) is 31.0 Å². The monoisotopic (exact) mass is 209 g/mol. The van der Waals surface area contributed by atoms with Gasteiger partial charge in [0.15, 0.2) is 0 Å². The summed E-state index contributed by atoms with van der Waals surface area (Å²) >= 11 is 0. The quantitative estimate of drug-likeness (QED) is 0.790. The van der Waals surface area contributed by atoms with E-state index in [-0.39, 0.29) is 11.7 Å². The average molecular weight is 209 g/mol. The molecule has 0 radical (unpaired) electrons. The minimum atomic E-state index is 0.0998. The Kier molecular flexibility index (Phi) is 2.95. The maximum Gasteiger partial charge on any atom is 0.328 e. The van der Waals surface area contributed by atoms with Gasteiger partial charge in [-0.15, -0.1) is 0 Å². The molecule has 0 amide bonds. The van der Waals surface area contributed by atoms with Crippen LogP contribution < -0.4 is 11.4 Å². The predicted molar refractivity (Wildman–Crippen MR) is 59.8 cm³/mol. The largest absolute Gasteiger partial charge is 0.328 e. The molecule has 0 aromatic carbocycles. The summed E-state index contributed by atoms with van der Waals surface area (Å²) in [5.41, 5.74) is 6.02. The number of rotatable bonds is 5. The van der Waals surface area contributed by atoms with Crippen molar-refractivity contribution >= 4 is 0 Å². The molecule has 4 heteroatoms. The fraction of sp³-hybridized carbons (Fsp3) is 0.727. The minimum absolute atomic E-state index is 0.0998. The van der Waals surface area contributed by atoms with Crippen molar-refractivity contribution < 1.29 is 0 Å². The Bertz CT molecular complexity index is 375. The molecule has 0 aliphatic heterocycles. The lowest BCUT2D eigenvalue weighted by molar-refractivity contribution is 0.497. The van der Waals surface area contributed by atoms with Crippen molar-refractivity contribution in [3.8, 4) is 0 Å². The fourth-order valence-corrected chi connectivity index (χ4v) is 1.91. The van der Waals surface area contributed by atoms with Gasteiger partial charge in [0.2, 0.25) is 0 Å². The van der Waals surface area contributed by atoms with Gasteiger partial charge < -0.3 is 5.73 Å². The number of imidazole rings is 1. The van der Waals surface area contributed by atoms with E-state index in [1.165, 1.54) is 0 Å². The van der Waals surface area contributed by atoms with Crippen LogP contribution in [0.5, 0.6) is 0 Å². The molecule has 1 heterocycles. The Morgan fingerprint density at radius 1 is 1.53 bits per heavy atom. The number of hydrogen-bond acceptors (Lipinski definition) is 2. The molecule has 0 spiro atoms. The molecular formula is C11H19N3O. The van der Waals surface area contributed by atoms with Gasteiger partial charge in [-0.1, -0.05) is 13.3 Å². The summed E-state index contributed by atoms with van der Waals surface area (Å²) in [4.78, 5) is 11.9. The van der Waals surface area contributed by atoms with E-state index in [1.807, 2.05) is 17.0 Å². The second-order valence-electron chi connectivity index (χ2n) is 4.42. The van der Waals surface area contributed by atoms with Crippen molar-refractivity contribution in [1.29, 1.82) is 0 Å². The van der Waals surface area contributed by atoms with Crippen molar-refractivity contribution in [3.05, 3.63) is 22.9 Å². The van der Waals surface area contributed by atoms with Crippen LogP contribution in [-0.4, -0.2) is 15.2 Å². The third kappa shape index (κ3) is 2.31. The number of nitrogens with zero attached hydrogens (tertiary/aromatic N) is 2. The van der Waals surface area contributed by atoms with Gasteiger partial charge in [-0.3, -0.25) is 9.13 Å². The van der Waals surface area contributed by atoms with Crippen LogP contribution in [0.3, 0.4) is 0 Å². The molecule has 0 bridgehead atoms. The molecule has 15 heavy (non-hydrogen) atoms. The van der Waals surface area contributed by atoms with Gasteiger partial charge in [0.05, 0.1) is 0 Å². The molecule has 1 aromatic rings. The first-order valence-corrected chi connectivity index (χ1v) is 5.75. The average Bonchev–Trinajstić information content (AvgIpc) is 2.96.